The Morgan fingerprint density at radius 2 is 2.15 bits per heavy atom. The summed E-state index contributed by atoms with van der Waals surface area (Å²) in [5.41, 5.74) is 0.722. The van der Waals surface area contributed by atoms with Gasteiger partial charge in [0.2, 0.25) is 0 Å². The van der Waals surface area contributed by atoms with E-state index < -0.39 is 0 Å². The van der Waals surface area contributed by atoms with E-state index >= 15 is 0 Å². The van der Waals surface area contributed by atoms with E-state index in [1.807, 2.05) is 37.4 Å². The summed E-state index contributed by atoms with van der Waals surface area (Å²) in [5.74, 6) is 0.797. The Hall–Kier alpha value is -2.40. The van der Waals surface area contributed by atoms with Gasteiger partial charge in [-0.25, -0.2) is 4.68 Å². The lowest BCUT2D eigenvalue weighted by Crippen LogP contribution is -2.29. The largest absolute Gasteiger partial charge is 0.459 e. The van der Waals surface area contributed by atoms with Crippen molar-refractivity contribution in [1.82, 2.24) is 15.1 Å². The van der Waals surface area contributed by atoms with E-state index in [0.717, 1.165) is 16.7 Å². The fraction of sp³-hybridized carbons (Fsp3) is 0.200. The number of hydrogen-bond acceptors (Lipinski definition) is 4. The molecule has 1 unspecified atom stereocenters. The molecule has 0 amide bonds. The van der Waals surface area contributed by atoms with Gasteiger partial charge in [0.25, 0.3) is 5.56 Å². The van der Waals surface area contributed by atoms with E-state index in [1.54, 1.807) is 12.3 Å². The van der Waals surface area contributed by atoms with E-state index in [9.17, 15) is 4.79 Å². The fourth-order valence-electron chi connectivity index (χ4n) is 2.19. The monoisotopic (exact) mass is 269 g/mol. The van der Waals surface area contributed by atoms with Gasteiger partial charge in [0.15, 0.2) is 0 Å². The molecule has 0 saturated carbocycles. The van der Waals surface area contributed by atoms with Crippen molar-refractivity contribution in [2.24, 2.45) is 0 Å². The van der Waals surface area contributed by atoms with Crippen LogP contribution in [0, 0.1) is 0 Å². The molecule has 0 spiro atoms. The van der Waals surface area contributed by atoms with Gasteiger partial charge < -0.3 is 9.73 Å². The van der Waals surface area contributed by atoms with Crippen molar-refractivity contribution >= 4 is 11.0 Å². The Morgan fingerprint density at radius 3 is 2.90 bits per heavy atom. The first-order valence-corrected chi connectivity index (χ1v) is 6.46. The molecular formula is C15H15N3O2. The van der Waals surface area contributed by atoms with Crippen LogP contribution in [0.25, 0.3) is 11.0 Å². The van der Waals surface area contributed by atoms with E-state index in [-0.39, 0.29) is 11.6 Å². The van der Waals surface area contributed by atoms with Crippen LogP contribution in [0.15, 0.2) is 57.9 Å². The first kappa shape index (κ1) is 12.6. The third kappa shape index (κ3) is 2.35. The number of aromatic nitrogens is 2. The van der Waals surface area contributed by atoms with Gasteiger partial charge in [-0.05, 0) is 25.2 Å². The van der Waals surface area contributed by atoms with Gasteiger partial charge in [-0.3, -0.25) is 4.79 Å². The summed E-state index contributed by atoms with van der Waals surface area (Å²) >= 11 is 0. The SMILES string of the molecule is CNC(Cn1ncccc1=O)c1cc2ccccc2o1. The lowest BCUT2D eigenvalue weighted by atomic mass is 10.2. The van der Waals surface area contributed by atoms with Crippen LogP contribution < -0.4 is 10.9 Å². The summed E-state index contributed by atoms with van der Waals surface area (Å²) in [5, 5.41) is 8.28. The molecule has 2 heterocycles. The highest BCUT2D eigenvalue weighted by atomic mass is 16.3. The smallest absolute Gasteiger partial charge is 0.266 e. The fourth-order valence-corrected chi connectivity index (χ4v) is 2.19. The number of benzene rings is 1. The van der Waals surface area contributed by atoms with Crippen LogP contribution >= 0.6 is 0 Å². The summed E-state index contributed by atoms with van der Waals surface area (Å²) in [7, 11) is 1.84. The van der Waals surface area contributed by atoms with Crippen molar-refractivity contribution in [3.8, 4) is 0 Å². The first-order chi connectivity index (χ1) is 9.78. The number of rotatable bonds is 4. The average Bonchev–Trinajstić information content (AvgIpc) is 2.90. The Kier molecular flexibility index (Phi) is 3.35. The van der Waals surface area contributed by atoms with Gasteiger partial charge in [0, 0.05) is 17.6 Å². The molecule has 0 aliphatic heterocycles. The van der Waals surface area contributed by atoms with E-state index in [1.165, 1.54) is 10.7 Å². The van der Waals surface area contributed by atoms with Crippen LogP contribution in [-0.2, 0) is 6.54 Å². The molecule has 3 rings (SSSR count). The number of para-hydroxylation sites is 1. The van der Waals surface area contributed by atoms with Crippen molar-refractivity contribution in [2.45, 2.75) is 12.6 Å². The molecule has 2 aromatic heterocycles. The van der Waals surface area contributed by atoms with E-state index in [4.69, 9.17) is 4.42 Å². The van der Waals surface area contributed by atoms with E-state index in [2.05, 4.69) is 10.4 Å². The minimum Gasteiger partial charge on any atom is -0.459 e. The van der Waals surface area contributed by atoms with Crippen molar-refractivity contribution in [1.29, 1.82) is 0 Å². The molecule has 102 valence electrons. The van der Waals surface area contributed by atoms with Crippen molar-refractivity contribution in [3.63, 3.8) is 0 Å². The highest BCUT2D eigenvalue weighted by Gasteiger charge is 2.16. The molecule has 0 radical (unpaired) electrons. The predicted molar refractivity (Wildman–Crippen MR) is 76.5 cm³/mol. The summed E-state index contributed by atoms with van der Waals surface area (Å²) in [6.45, 7) is 0.427. The number of furan rings is 1. The Balaban J connectivity index is 1.93. The summed E-state index contributed by atoms with van der Waals surface area (Å²) in [6.07, 6.45) is 1.60. The second-order valence-electron chi connectivity index (χ2n) is 4.57. The molecule has 20 heavy (non-hydrogen) atoms. The maximum atomic E-state index is 11.7. The van der Waals surface area contributed by atoms with Gasteiger partial charge in [-0.15, -0.1) is 0 Å². The zero-order chi connectivity index (χ0) is 13.9. The van der Waals surface area contributed by atoms with Gasteiger partial charge in [-0.2, -0.15) is 5.10 Å². The van der Waals surface area contributed by atoms with Crippen molar-refractivity contribution < 1.29 is 4.42 Å². The predicted octanol–water partition coefficient (Wildman–Crippen LogP) is 1.95. The standard InChI is InChI=1S/C15H15N3O2/c1-16-12(10-18-15(19)7-4-8-17-18)14-9-11-5-2-3-6-13(11)20-14/h2-9,12,16H,10H2,1H3. The van der Waals surface area contributed by atoms with Crippen molar-refractivity contribution in [2.75, 3.05) is 7.05 Å². The normalized spacial score (nSPS) is 12.7. The molecule has 1 atom stereocenters. The second-order valence-corrected chi connectivity index (χ2v) is 4.57. The van der Waals surface area contributed by atoms with Crippen LogP contribution in [-0.4, -0.2) is 16.8 Å². The number of nitrogens with one attached hydrogen (secondary N) is 1. The minimum atomic E-state index is -0.121. The van der Waals surface area contributed by atoms with Gasteiger partial charge in [0.05, 0.1) is 12.6 Å². The molecule has 1 aromatic carbocycles. The molecule has 0 fully saturated rings. The quantitative estimate of drug-likeness (QED) is 0.786. The maximum Gasteiger partial charge on any atom is 0.266 e. The van der Waals surface area contributed by atoms with Crippen molar-refractivity contribution in [3.05, 3.63) is 64.8 Å². The zero-order valence-electron chi connectivity index (χ0n) is 11.1. The van der Waals surface area contributed by atoms with Crippen LogP contribution in [0.3, 0.4) is 0 Å². The van der Waals surface area contributed by atoms with Crippen LogP contribution in [0.2, 0.25) is 0 Å². The summed E-state index contributed by atoms with van der Waals surface area (Å²) in [4.78, 5) is 11.7. The first-order valence-electron chi connectivity index (χ1n) is 6.46. The molecule has 3 aromatic rings. The second kappa shape index (κ2) is 5.30. The number of hydrogen-bond donors (Lipinski definition) is 1. The van der Waals surface area contributed by atoms with Gasteiger partial charge >= 0.3 is 0 Å². The maximum absolute atomic E-state index is 11.7. The summed E-state index contributed by atoms with van der Waals surface area (Å²) in [6, 6.07) is 12.9. The Labute approximate surface area is 115 Å². The molecule has 0 bridgehead atoms. The molecular weight excluding hydrogens is 254 g/mol. The third-order valence-electron chi connectivity index (χ3n) is 3.28. The molecule has 5 nitrogen and oxygen atoms in total. The minimum absolute atomic E-state index is 0.102. The summed E-state index contributed by atoms with van der Waals surface area (Å²) < 4.78 is 7.25. The van der Waals surface area contributed by atoms with Gasteiger partial charge in [-0.1, -0.05) is 18.2 Å². The highest BCUT2D eigenvalue weighted by Crippen LogP contribution is 2.24. The van der Waals surface area contributed by atoms with Crippen LogP contribution in [0.4, 0.5) is 0 Å². The molecule has 0 aliphatic carbocycles. The topological polar surface area (TPSA) is 60.1 Å². The van der Waals surface area contributed by atoms with Crippen LogP contribution in [0.5, 0.6) is 0 Å². The Morgan fingerprint density at radius 1 is 1.30 bits per heavy atom. The third-order valence-corrected chi connectivity index (χ3v) is 3.28. The molecule has 0 aliphatic rings. The van der Waals surface area contributed by atoms with Gasteiger partial charge in [0.1, 0.15) is 11.3 Å². The zero-order valence-corrected chi connectivity index (χ0v) is 11.1. The number of fused-ring (bicyclic) bond motifs is 1. The number of likely N-dealkylation sites (N-methyl/N-ethyl adjacent to an activating group) is 1. The molecule has 5 heteroatoms. The lowest BCUT2D eigenvalue weighted by molar-refractivity contribution is 0.387. The average molecular weight is 269 g/mol. The van der Waals surface area contributed by atoms with Crippen LogP contribution in [0.1, 0.15) is 11.8 Å². The molecule has 1 N–H and O–H groups in total. The van der Waals surface area contributed by atoms with E-state index in [0.29, 0.717) is 6.54 Å². The Bertz CT molecular complexity index is 743. The highest BCUT2D eigenvalue weighted by molar-refractivity contribution is 5.77. The number of nitrogens with zero attached hydrogens (tertiary/aromatic N) is 2. The molecule has 0 saturated heterocycles. The lowest BCUT2D eigenvalue weighted by Gasteiger charge is -2.13.